The van der Waals surface area contributed by atoms with Gasteiger partial charge in [0.2, 0.25) is 5.91 Å². The van der Waals surface area contributed by atoms with Crippen molar-refractivity contribution in [2.24, 2.45) is 0 Å². The number of carbonyl (C=O) groups excluding carboxylic acids is 1. The second-order valence-corrected chi connectivity index (χ2v) is 9.27. The molecule has 1 aliphatic rings. The molecule has 3 heterocycles. The van der Waals surface area contributed by atoms with E-state index >= 15 is 0 Å². The van der Waals surface area contributed by atoms with Crippen molar-refractivity contribution in [3.8, 4) is 11.1 Å². The van der Waals surface area contributed by atoms with E-state index in [2.05, 4.69) is 20.4 Å². The molecule has 158 valence electrons. The first kappa shape index (κ1) is 20.1. The van der Waals surface area contributed by atoms with E-state index in [1.165, 1.54) is 54.4 Å². The summed E-state index contributed by atoms with van der Waals surface area (Å²) >= 11 is 2.89. The zero-order valence-electron chi connectivity index (χ0n) is 16.6. The summed E-state index contributed by atoms with van der Waals surface area (Å²) in [5, 5.41) is 11.0. The van der Waals surface area contributed by atoms with Gasteiger partial charge in [0, 0.05) is 17.0 Å². The Hall–Kier alpha value is -2.78. The Morgan fingerprint density at radius 3 is 2.81 bits per heavy atom. The summed E-state index contributed by atoms with van der Waals surface area (Å²) in [6.45, 7) is 0. The standard InChI is InChI=1S/C22H20FN5OS2/c23-15-7-5-14(6-8-15)17-11-30-21-20(17)22(25-13-24-21)31-12-19(29)27-18-9-10-26-28(18)16-3-1-2-4-16/h5-11,13,16H,1-4,12H2,(H,27,29). The van der Waals surface area contributed by atoms with Gasteiger partial charge in [-0.1, -0.05) is 36.7 Å². The van der Waals surface area contributed by atoms with E-state index in [0.717, 1.165) is 45.0 Å². The van der Waals surface area contributed by atoms with Gasteiger partial charge in [0.15, 0.2) is 0 Å². The van der Waals surface area contributed by atoms with Crippen LogP contribution in [0, 0.1) is 5.82 Å². The third-order valence-electron chi connectivity index (χ3n) is 5.44. The number of aromatic nitrogens is 4. The zero-order valence-corrected chi connectivity index (χ0v) is 18.3. The van der Waals surface area contributed by atoms with Gasteiger partial charge in [-0.2, -0.15) is 5.10 Å². The Kier molecular flexibility index (Phi) is 5.69. The largest absolute Gasteiger partial charge is 0.310 e. The van der Waals surface area contributed by atoms with E-state index in [1.807, 2.05) is 16.1 Å². The number of hydrogen-bond donors (Lipinski definition) is 1. The van der Waals surface area contributed by atoms with Gasteiger partial charge in [0.1, 0.15) is 27.8 Å². The van der Waals surface area contributed by atoms with Crippen LogP contribution in [0.2, 0.25) is 0 Å². The quantitative estimate of drug-likeness (QED) is 0.307. The molecule has 6 nitrogen and oxygen atoms in total. The maximum Gasteiger partial charge on any atom is 0.235 e. The van der Waals surface area contributed by atoms with Crippen molar-refractivity contribution in [3.63, 3.8) is 0 Å². The predicted octanol–water partition coefficient (Wildman–Crippen LogP) is 5.54. The van der Waals surface area contributed by atoms with Crippen LogP contribution in [0.15, 0.2) is 53.3 Å². The molecule has 1 aliphatic carbocycles. The number of hydrogen-bond acceptors (Lipinski definition) is 6. The third kappa shape index (κ3) is 4.20. The third-order valence-corrected chi connectivity index (χ3v) is 7.31. The lowest BCUT2D eigenvalue weighted by atomic mass is 10.1. The molecule has 0 atom stereocenters. The van der Waals surface area contributed by atoms with E-state index in [0.29, 0.717) is 6.04 Å². The molecule has 4 aromatic rings. The highest BCUT2D eigenvalue weighted by Crippen LogP contribution is 2.38. The van der Waals surface area contributed by atoms with Gasteiger partial charge in [-0.3, -0.25) is 4.79 Å². The van der Waals surface area contributed by atoms with Gasteiger partial charge < -0.3 is 5.32 Å². The average molecular weight is 454 g/mol. The molecule has 31 heavy (non-hydrogen) atoms. The fourth-order valence-corrected chi connectivity index (χ4v) is 5.76. The van der Waals surface area contributed by atoms with Gasteiger partial charge in [-0.15, -0.1) is 11.3 Å². The second kappa shape index (κ2) is 8.76. The highest BCUT2D eigenvalue weighted by atomic mass is 32.2. The molecule has 0 saturated heterocycles. The van der Waals surface area contributed by atoms with Crippen LogP contribution in [0.4, 0.5) is 10.2 Å². The Bertz CT molecular complexity index is 1210. The molecular formula is C22H20FN5OS2. The first-order chi connectivity index (χ1) is 15.2. The Morgan fingerprint density at radius 2 is 2.00 bits per heavy atom. The summed E-state index contributed by atoms with van der Waals surface area (Å²) in [5.74, 6) is 0.589. The molecule has 0 unspecified atom stereocenters. The fourth-order valence-electron chi connectivity index (χ4n) is 3.96. The van der Waals surface area contributed by atoms with Crippen LogP contribution < -0.4 is 5.32 Å². The van der Waals surface area contributed by atoms with Gasteiger partial charge >= 0.3 is 0 Å². The minimum absolute atomic E-state index is 0.102. The number of anilines is 1. The van der Waals surface area contributed by atoms with E-state index in [4.69, 9.17) is 0 Å². The molecule has 5 rings (SSSR count). The molecule has 9 heteroatoms. The van der Waals surface area contributed by atoms with Crippen LogP contribution in [0.1, 0.15) is 31.7 Å². The number of nitrogens with one attached hydrogen (secondary N) is 1. The lowest BCUT2D eigenvalue weighted by molar-refractivity contribution is -0.113. The van der Waals surface area contributed by atoms with E-state index in [9.17, 15) is 9.18 Å². The van der Waals surface area contributed by atoms with Crippen molar-refractivity contribution in [2.75, 3.05) is 11.1 Å². The molecule has 1 aromatic carbocycles. The minimum Gasteiger partial charge on any atom is -0.310 e. The summed E-state index contributed by atoms with van der Waals surface area (Å²) in [6, 6.07) is 8.58. The Balaban J connectivity index is 1.33. The van der Waals surface area contributed by atoms with Gasteiger partial charge in [0.25, 0.3) is 0 Å². The lowest BCUT2D eigenvalue weighted by Gasteiger charge is -2.14. The van der Waals surface area contributed by atoms with Crippen LogP contribution in [0.3, 0.4) is 0 Å². The SMILES string of the molecule is O=C(CSc1ncnc2scc(-c3ccc(F)cc3)c12)Nc1ccnn1C1CCCC1. The Labute approximate surface area is 186 Å². The number of nitrogens with zero attached hydrogens (tertiary/aromatic N) is 4. The van der Waals surface area contributed by atoms with Crippen LogP contribution >= 0.6 is 23.1 Å². The molecular weight excluding hydrogens is 433 g/mol. The lowest BCUT2D eigenvalue weighted by Crippen LogP contribution is -2.19. The van der Waals surface area contributed by atoms with Gasteiger partial charge in [-0.05, 0) is 30.5 Å². The number of halogens is 1. The predicted molar refractivity (Wildman–Crippen MR) is 122 cm³/mol. The fraction of sp³-hybridized carbons (Fsp3) is 0.273. The summed E-state index contributed by atoms with van der Waals surface area (Å²) < 4.78 is 15.3. The highest BCUT2D eigenvalue weighted by Gasteiger charge is 2.21. The number of amides is 1. The number of benzene rings is 1. The highest BCUT2D eigenvalue weighted by molar-refractivity contribution is 8.00. The van der Waals surface area contributed by atoms with Crippen LogP contribution in [0.25, 0.3) is 21.3 Å². The molecule has 3 aromatic heterocycles. The number of rotatable bonds is 6. The topological polar surface area (TPSA) is 72.7 Å². The van der Waals surface area contributed by atoms with Crippen LogP contribution in [0.5, 0.6) is 0 Å². The van der Waals surface area contributed by atoms with Crippen LogP contribution in [-0.2, 0) is 4.79 Å². The smallest absolute Gasteiger partial charge is 0.235 e. The molecule has 0 bridgehead atoms. The molecule has 0 radical (unpaired) electrons. The number of thioether (sulfide) groups is 1. The maximum absolute atomic E-state index is 13.3. The van der Waals surface area contributed by atoms with Crippen LogP contribution in [-0.4, -0.2) is 31.4 Å². The monoisotopic (exact) mass is 453 g/mol. The van der Waals surface area contributed by atoms with Crippen molar-refractivity contribution >= 4 is 45.0 Å². The van der Waals surface area contributed by atoms with E-state index < -0.39 is 0 Å². The van der Waals surface area contributed by atoms with E-state index in [-0.39, 0.29) is 17.5 Å². The minimum atomic E-state index is -0.275. The van der Waals surface area contributed by atoms with Crippen molar-refractivity contribution in [1.82, 2.24) is 19.7 Å². The molecule has 1 fully saturated rings. The van der Waals surface area contributed by atoms with Crippen molar-refractivity contribution in [3.05, 3.63) is 54.1 Å². The number of thiophene rings is 1. The number of carbonyl (C=O) groups is 1. The summed E-state index contributed by atoms with van der Waals surface area (Å²) in [5.41, 5.74) is 1.84. The Morgan fingerprint density at radius 1 is 1.19 bits per heavy atom. The normalized spacial score (nSPS) is 14.4. The summed E-state index contributed by atoms with van der Waals surface area (Å²) in [6.07, 6.45) is 7.85. The molecule has 0 spiro atoms. The maximum atomic E-state index is 13.3. The first-order valence-electron chi connectivity index (χ1n) is 10.1. The first-order valence-corrected chi connectivity index (χ1v) is 12.0. The van der Waals surface area contributed by atoms with Crippen molar-refractivity contribution in [1.29, 1.82) is 0 Å². The van der Waals surface area contributed by atoms with Crippen molar-refractivity contribution < 1.29 is 9.18 Å². The summed E-state index contributed by atoms with van der Waals surface area (Å²) in [7, 11) is 0. The average Bonchev–Trinajstić information content (AvgIpc) is 3.53. The molecule has 1 N–H and O–H groups in total. The zero-order chi connectivity index (χ0) is 21.2. The van der Waals surface area contributed by atoms with Crippen molar-refractivity contribution in [2.45, 2.75) is 36.8 Å². The number of fused-ring (bicyclic) bond motifs is 1. The molecule has 0 aliphatic heterocycles. The van der Waals surface area contributed by atoms with E-state index in [1.54, 1.807) is 18.3 Å². The molecule has 1 amide bonds. The van der Waals surface area contributed by atoms with Gasteiger partial charge in [-0.25, -0.2) is 19.0 Å². The molecule has 1 saturated carbocycles. The summed E-state index contributed by atoms with van der Waals surface area (Å²) in [4.78, 5) is 22.3. The second-order valence-electron chi connectivity index (χ2n) is 7.45. The van der Waals surface area contributed by atoms with Gasteiger partial charge in [0.05, 0.1) is 23.4 Å².